The number of nitrogens with one attached hydrogen (secondary N) is 1. The van der Waals surface area contributed by atoms with Gasteiger partial charge in [0.05, 0.1) is 6.10 Å². The van der Waals surface area contributed by atoms with E-state index >= 15 is 0 Å². The summed E-state index contributed by atoms with van der Waals surface area (Å²) in [6.07, 6.45) is 9.35. The lowest BCUT2D eigenvalue weighted by molar-refractivity contribution is 0.0816. The summed E-state index contributed by atoms with van der Waals surface area (Å²) in [5.74, 6) is 4.47. The van der Waals surface area contributed by atoms with E-state index in [4.69, 9.17) is 19.7 Å². The Morgan fingerprint density at radius 1 is 1.03 bits per heavy atom. The second kappa shape index (κ2) is 9.70. The second-order valence-corrected chi connectivity index (χ2v) is 9.78. The van der Waals surface area contributed by atoms with E-state index in [0.29, 0.717) is 12.0 Å². The number of pyridine rings is 2. The Bertz CT molecular complexity index is 1140. The Morgan fingerprint density at radius 2 is 1.82 bits per heavy atom. The number of piperidine rings is 1. The van der Waals surface area contributed by atoms with Crippen molar-refractivity contribution >= 4 is 34.2 Å². The van der Waals surface area contributed by atoms with Crippen LogP contribution >= 0.6 is 0 Å². The molecule has 2 aliphatic heterocycles. The molecule has 0 spiro atoms. The summed E-state index contributed by atoms with van der Waals surface area (Å²) in [5, 5.41) is 5.73. The van der Waals surface area contributed by atoms with Crippen LogP contribution in [0.1, 0.15) is 51.5 Å². The molecule has 2 fully saturated rings. The van der Waals surface area contributed by atoms with Crippen LogP contribution in [0, 0.1) is 5.92 Å². The van der Waals surface area contributed by atoms with Crippen LogP contribution in [-0.4, -0.2) is 59.3 Å². The molecule has 0 aromatic carbocycles. The number of hydrogen-bond donors (Lipinski definition) is 1. The Balaban J connectivity index is 1.40. The highest BCUT2D eigenvalue weighted by Gasteiger charge is 2.28. The van der Waals surface area contributed by atoms with E-state index < -0.39 is 0 Å². The number of aromatic nitrogens is 4. The number of hydrogen-bond acceptors (Lipinski definition) is 8. The summed E-state index contributed by atoms with van der Waals surface area (Å²) in [5.41, 5.74) is 1.24. The molecule has 3 aromatic heterocycles. The van der Waals surface area contributed by atoms with Gasteiger partial charge in [-0.3, -0.25) is 0 Å². The third-order valence-electron chi connectivity index (χ3n) is 7.20. The topological polar surface area (TPSA) is 79.3 Å². The molecule has 0 radical (unpaired) electrons. The van der Waals surface area contributed by atoms with E-state index in [1.807, 2.05) is 24.7 Å². The quantitative estimate of drug-likeness (QED) is 0.540. The van der Waals surface area contributed by atoms with Crippen LogP contribution in [0.3, 0.4) is 0 Å². The van der Waals surface area contributed by atoms with Gasteiger partial charge in [-0.2, -0.15) is 4.98 Å². The highest BCUT2D eigenvalue weighted by Crippen LogP contribution is 2.35. The zero-order chi connectivity index (χ0) is 23.7. The average molecular weight is 462 g/mol. The molecule has 8 nitrogen and oxygen atoms in total. The summed E-state index contributed by atoms with van der Waals surface area (Å²) in [6, 6.07) is 4.03. The minimum atomic E-state index is 0.331. The maximum atomic E-state index is 5.49. The van der Waals surface area contributed by atoms with Gasteiger partial charge in [0.2, 0.25) is 5.95 Å². The summed E-state index contributed by atoms with van der Waals surface area (Å²) >= 11 is 0. The van der Waals surface area contributed by atoms with Crippen molar-refractivity contribution in [2.24, 2.45) is 5.92 Å². The van der Waals surface area contributed by atoms with Gasteiger partial charge >= 0.3 is 0 Å². The molecule has 5 rings (SSSR count). The van der Waals surface area contributed by atoms with Crippen LogP contribution in [-0.2, 0) is 4.74 Å². The first-order chi connectivity index (χ1) is 16.6. The van der Waals surface area contributed by atoms with E-state index in [1.165, 1.54) is 17.4 Å². The SMILES string of the molecule is CCC1CN(c2ncc(C(C)C)c3cc(Nc4ccnc(N5CCC(OC)CC5)n4)ncc23)C1. The lowest BCUT2D eigenvalue weighted by Gasteiger charge is -2.40. The Hall–Kier alpha value is -3.00. The van der Waals surface area contributed by atoms with E-state index in [-0.39, 0.29) is 0 Å². The zero-order valence-corrected chi connectivity index (χ0v) is 20.7. The van der Waals surface area contributed by atoms with Crippen LogP contribution < -0.4 is 15.1 Å². The predicted octanol–water partition coefficient (Wildman–Crippen LogP) is 4.75. The van der Waals surface area contributed by atoms with Gasteiger partial charge in [-0.1, -0.05) is 20.8 Å². The smallest absolute Gasteiger partial charge is 0.227 e. The molecule has 0 aliphatic carbocycles. The molecule has 1 N–H and O–H groups in total. The van der Waals surface area contributed by atoms with Crippen molar-refractivity contribution < 1.29 is 4.74 Å². The van der Waals surface area contributed by atoms with Crippen molar-refractivity contribution in [2.75, 3.05) is 48.4 Å². The van der Waals surface area contributed by atoms with E-state index in [1.54, 1.807) is 7.11 Å². The molecule has 2 aliphatic rings. The molecule has 3 aromatic rings. The van der Waals surface area contributed by atoms with E-state index in [2.05, 4.69) is 46.9 Å². The molecule has 0 amide bonds. The molecule has 5 heterocycles. The van der Waals surface area contributed by atoms with Gasteiger partial charge < -0.3 is 19.9 Å². The third kappa shape index (κ3) is 4.51. The monoisotopic (exact) mass is 461 g/mol. The fourth-order valence-corrected chi connectivity index (χ4v) is 4.92. The van der Waals surface area contributed by atoms with Crippen LogP contribution in [0.2, 0.25) is 0 Å². The first kappa shape index (κ1) is 22.8. The van der Waals surface area contributed by atoms with Crippen LogP contribution in [0.15, 0.2) is 30.7 Å². The lowest BCUT2D eigenvalue weighted by atomic mass is 9.95. The molecular weight excluding hydrogens is 426 g/mol. The number of ether oxygens (including phenoxy) is 1. The Labute approximate surface area is 201 Å². The predicted molar refractivity (Wildman–Crippen MR) is 137 cm³/mol. The van der Waals surface area contributed by atoms with Gasteiger partial charge in [-0.15, -0.1) is 0 Å². The molecule has 2 saturated heterocycles. The summed E-state index contributed by atoms with van der Waals surface area (Å²) < 4.78 is 5.49. The molecule has 180 valence electrons. The summed E-state index contributed by atoms with van der Waals surface area (Å²) in [6.45, 7) is 10.6. The number of nitrogens with zero attached hydrogens (tertiary/aromatic N) is 6. The Kier molecular flexibility index (Phi) is 6.50. The van der Waals surface area contributed by atoms with Gasteiger partial charge in [0.1, 0.15) is 17.5 Å². The van der Waals surface area contributed by atoms with Gasteiger partial charge in [0.15, 0.2) is 0 Å². The number of rotatable bonds is 7. The molecule has 0 atom stereocenters. The van der Waals surface area contributed by atoms with Gasteiger partial charge in [-0.05, 0) is 54.2 Å². The standard InChI is InChI=1S/C26H35N7O/c1-5-18-15-33(16-18)25-22-14-28-24(12-20(22)21(13-29-25)17(2)3)30-23-6-9-27-26(31-23)32-10-7-19(34-4)8-11-32/h6,9,12-14,17-19H,5,7-8,10-11,15-16H2,1-4H3,(H,27,28,30,31). The van der Waals surface area contributed by atoms with Crippen molar-refractivity contribution in [3.05, 3.63) is 36.3 Å². The van der Waals surface area contributed by atoms with Crippen molar-refractivity contribution in [1.82, 2.24) is 19.9 Å². The maximum absolute atomic E-state index is 5.49. The highest BCUT2D eigenvalue weighted by molar-refractivity contribution is 5.96. The zero-order valence-electron chi connectivity index (χ0n) is 20.7. The first-order valence-electron chi connectivity index (χ1n) is 12.5. The fourth-order valence-electron chi connectivity index (χ4n) is 4.92. The fraction of sp³-hybridized carbons (Fsp3) is 0.538. The first-order valence-corrected chi connectivity index (χ1v) is 12.5. The third-order valence-corrected chi connectivity index (χ3v) is 7.20. The molecule has 0 unspecified atom stereocenters. The van der Waals surface area contributed by atoms with Gasteiger partial charge in [0.25, 0.3) is 0 Å². The van der Waals surface area contributed by atoms with Crippen molar-refractivity contribution in [3.63, 3.8) is 0 Å². The van der Waals surface area contributed by atoms with Gasteiger partial charge in [-0.25, -0.2) is 15.0 Å². The second-order valence-electron chi connectivity index (χ2n) is 9.78. The summed E-state index contributed by atoms with van der Waals surface area (Å²) in [4.78, 5) is 23.4. The number of fused-ring (bicyclic) bond motifs is 1. The minimum absolute atomic E-state index is 0.331. The van der Waals surface area contributed by atoms with E-state index in [0.717, 1.165) is 73.7 Å². The molecular formula is C26H35N7O. The normalized spacial score (nSPS) is 17.4. The Morgan fingerprint density at radius 3 is 2.53 bits per heavy atom. The van der Waals surface area contributed by atoms with Gasteiger partial charge in [0, 0.05) is 57.3 Å². The minimum Gasteiger partial charge on any atom is -0.381 e. The number of methoxy groups -OCH3 is 1. The lowest BCUT2D eigenvalue weighted by Crippen LogP contribution is -2.46. The van der Waals surface area contributed by atoms with Crippen LogP contribution in [0.25, 0.3) is 10.8 Å². The van der Waals surface area contributed by atoms with E-state index in [9.17, 15) is 0 Å². The average Bonchev–Trinajstić information content (AvgIpc) is 2.83. The van der Waals surface area contributed by atoms with Crippen LogP contribution in [0.5, 0.6) is 0 Å². The van der Waals surface area contributed by atoms with Crippen molar-refractivity contribution in [3.8, 4) is 0 Å². The molecule has 8 heteroatoms. The maximum Gasteiger partial charge on any atom is 0.227 e. The number of anilines is 4. The van der Waals surface area contributed by atoms with Crippen LogP contribution in [0.4, 0.5) is 23.4 Å². The van der Waals surface area contributed by atoms with Crippen molar-refractivity contribution in [2.45, 2.75) is 52.1 Å². The highest BCUT2D eigenvalue weighted by atomic mass is 16.5. The molecule has 34 heavy (non-hydrogen) atoms. The molecule has 0 saturated carbocycles. The molecule has 0 bridgehead atoms. The van der Waals surface area contributed by atoms with Crippen molar-refractivity contribution in [1.29, 1.82) is 0 Å². The largest absolute Gasteiger partial charge is 0.381 e. The summed E-state index contributed by atoms with van der Waals surface area (Å²) in [7, 11) is 1.78.